The van der Waals surface area contributed by atoms with Gasteiger partial charge in [0.15, 0.2) is 0 Å². The first-order valence-electron chi connectivity index (χ1n) is 8.63. The van der Waals surface area contributed by atoms with Gasteiger partial charge in [0, 0.05) is 18.1 Å². The minimum atomic E-state index is -4.02. The molecule has 0 heterocycles. The fraction of sp³-hybridized carbons (Fsp3) is 0.316. The maximum absolute atomic E-state index is 13.0. The van der Waals surface area contributed by atoms with E-state index >= 15 is 0 Å². The van der Waals surface area contributed by atoms with E-state index < -0.39 is 22.5 Å². The van der Waals surface area contributed by atoms with Gasteiger partial charge in [-0.05, 0) is 37.3 Å². The molecule has 0 aliphatic rings. The van der Waals surface area contributed by atoms with Gasteiger partial charge in [0.1, 0.15) is 22.1 Å². The number of halogens is 1. The lowest BCUT2D eigenvalue weighted by Crippen LogP contribution is -2.35. The van der Waals surface area contributed by atoms with Gasteiger partial charge in [-0.25, -0.2) is 8.42 Å². The monoisotopic (exact) mass is 442 g/mol. The maximum atomic E-state index is 13.0. The molecule has 0 unspecified atom stereocenters. The average molecular weight is 443 g/mol. The zero-order chi connectivity index (χ0) is 21.6. The van der Waals surface area contributed by atoms with Gasteiger partial charge in [-0.2, -0.15) is 4.31 Å². The van der Waals surface area contributed by atoms with Crippen molar-refractivity contribution in [3.8, 4) is 17.2 Å². The third-order valence-corrected chi connectivity index (χ3v) is 6.00. The highest BCUT2D eigenvalue weighted by molar-refractivity contribution is 7.89. The van der Waals surface area contributed by atoms with Crippen LogP contribution in [0.1, 0.15) is 6.92 Å². The Labute approximate surface area is 175 Å². The largest absolute Gasteiger partial charge is 0.497 e. The highest BCUT2D eigenvalue weighted by atomic mass is 35.5. The van der Waals surface area contributed by atoms with Crippen molar-refractivity contribution in [2.75, 3.05) is 39.7 Å². The van der Waals surface area contributed by atoms with Crippen LogP contribution in [0.4, 0.5) is 5.69 Å². The quantitative estimate of drug-likeness (QED) is 0.641. The third-order valence-electron chi connectivity index (χ3n) is 3.94. The average Bonchev–Trinajstić information content (AvgIpc) is 2.69. The fourth-order valence-electron chi connectivity index (χ4n) is 2.51. The second kappa shape index (κ2) is 9.82. The molecule has 10 heteroatoms. The van der Waals surface area contributed by atoms with Crippen LogP contribution < -0.4 is 19.5 Å². The van der Waals surface area contributed by atoms with Crippen LogP contribution >= 0.6 is 11.6 Å². The molecule has 0 aliphatic carbocycles. The number of sulfonamides is 1. The predicted molar refractivity (Wildman–Crippen MR) is 111 cm³/mol. The summed E-state index contributed by atoms with van der Waals surface area (Å²) >= 11 is 5.96. The van der Waals surface area contributed by atoms with Crippen LogP contribution in [0, 0.1) is 0 Å². The minimum Gasteiger partial charge on any atom is -0.497 e. The molecule has 8 nitrogen and oxygen atoms in total. The van der Waals surface area contributed by atoms with Crippen molar-refractivity contribution in [3.05, 3.63) is 41.4 Å². The van der Waals surface area contributed by atoms with E-state index in [1.807, 2.05) is 0 Å². The van der Waals surface area contributed by atoms with Crippen molar-refractivity contribution in [2.45, 2.75) is 11.8 Å². The summed E-state index contributed by atoms with van der Waals surface area (Å²) in [5.74, 6) is 0.543. The van der Waals surface area contributed by atoms with Crippen LogP contribution in [0.25, 0.3) is 0 Å². The number of hydrogen-bond acceptors (Lipinski definition) is 6. The summed E-state index contributed by atoms with van der Waals surface area (Å²) < 4.78 is 42.6. The Morgan fingerprint density at radius 1 is 1.10 bits per heavy atom. The molecule has 0 spiro atoms. The van der Waals surface area contributed by atoms with Gasteiger partial charge >= 0.3 is 0 Å². The molecule has 1 N–H and O–H groups in total. The molecular weight excluding hydrogens is 420 g/mol. The van der Waals surface area contributed by atoms with E-state index in [4.69, 9.17) is 25.8 Å². The van der Waals surface area contributed by atoms with Crippen LogP contribution in [-0.4, -0.2) is 53.0 Å². The van der Waals surface area contributed by atoms with Crippen LogP contribution in [-0.2, 0) is 14.8 Å². The van der Waals surface area contributed by atoms with Gasteiger partial charge < -0.3 is 19.5 Å². The van der Waals surface area contributed by atoms with Crippen LogP contribution in [0.3, 0.4) is 0 Å². The van der Waals surface area contributed by atoms with Gasteiger partial charge in [-0.15, -0.1) is 0 Å². The number of amides is 1. The SMILES string of the molecule is CCOc1ccc(Cl)cc1S(=O)(=O)N(C)CC(=O)Nc1cc(OC)ccc1OC. The third kappa shape index (κ3) is 5.53. The second-order valence-corrected chi connectivity index (χ2v) is 8.35. The molecule has 0 atom stereocenters. The summed E-state index contributed by atoms with van der Waals surface area (Å²) in [6.45, 7) is 1.59. The first kappa shape index (κ1) is 22.8. The molecule has 1 amide bonds. The molecule has 2 aromatic carbocycles. The Hall–Kier alpha value is -2.49. The number of anilines is 1. The van der Waals surface area contributed by atoms with Crippen LogP contribution in [0.15, 0.2) is 41.3 Å². The first-order chi connectivity index (χ1) is 13.7. The van der Waals surface area contributed by atoms with Gasteiger partial charge in [0.25, 0.3) is 0 Å². The number of hydrogen-bond donors (Lipinski definition) is 1. The number of benzene rings is 2. The normalized spacial score (nSPS) is 11.2. The molecule has 0 fully saturated rings. The van der Waals surface area contributed by atoms with Crippen molar-refractivity contribution in [1.29, 1.82) is 0 Å². The highest BCUT2D eigenvalue weighted by Gasteiger charge is 2.27. The molecule has 0 aromatic heterocycles. The summed E-state index contributed by atoms with van der Waals surface area (Å²) in [7, 11) is 0.232. The van der Waals surface area contributed by atoms with Gasteiger partial charge in [0.2, 0.25) is 15.9 Å². The van der Waals surface area contributed by atoms with E-state index in [0.717, 1.165) is 4.31 Å². The number of carbonyl (C=O) groups excluding carboxylic acids is 1. The molecule has 158 valence electrons. The lowest BCUT2D eigenvalue weighted by Gasteiger charge is -2.19. The van der Waals surface area contributed by atoms with E-state index in [9.17, 15) is 13.2 Å². The maximum Gasteiger partial charge on any atom is 0.247 e. The number of nitrogens with zero attached hydrogens (tertiary/aromatic N) is 1. The molecular formula is C19H23ClN2O6S. The molecule has 2 aromatic rings. The number of rotatable bonds is 9. The summed E-state index contributed by atoms with van der Waals surface area (Å²) in [5, 5.41) is 2.88. The minimum absolute atomic E-state index is 0.110. The molecule has 0 saturated carbocycles. The highest BCUT2D eigenvalue weighted by Crippen LogP contribution is 2.30. The van der Waals surface area contributed by atoms with Crippen molar-refractivity contribution >= 4 is 33.2 Å². The molecule has 0 bridgehead atoms. The number of nitrogens with one attached hydrogen (secondary N) is 1. The summed E-state index contributed by atoms with van der Waals surface area (Å²) in [6, 6.07) is 9.20. The summed E-state index contributed by atoms with van der Waals surface area (Å²) in [4.78, 5) is 12.4. The standard InChI is InChI=1S/C19H23ClN2O6S/c1-5-28-17-8-6-13(20)10-18(17)29(24,25)22(2)12-19(23)21-15-11-14(26-3)7-9-16(15)27-4/h6-11H,5,12H2,1-4H3,(H,21,23). The zero-order valence-corrected chi connectivity index (χ0v) is 18.1. The number of ether oxygens (including phenoxy) is 3. The smallest absolute Gasteiger partial charge is 0.247 e. The number of carbonyl (C=O) groups is 1. The van der Waals surface area contributed by atoms with Gasteiger partial charge in [0.05, 0.1) is 33.1 Å². The Kier molecular flexibility index (Phi) is 7.72. The number of likely N-dealkylation sites (N-methyl/N-ethyl adjacent to an activating group) is 1. The van der Waals surface area contributed by atoms with Gasteiger partial charge in [-0.3, -0.25) is 4.79 Å². The molecule has 0 aliphatic heterocycles. The summed E-state index contributed by atoms with van der Waals surface area (Å²) in [6.07, 6.45) is 0. The number of methoxy groups -OCH3 is 2. The Balaban J connectivity index is 2.22. The lowest BCUT2D eigenvalue weighted by atomic mass is 10.2. The van der Waals surface area contributed by atoms with E-state index in [1.165, 1.54) is 39.5 Å². The fourth-order valence-corrected chi connectivity index (χ4v) is 4.03. The summed E-state index contributed by atoms with van der Waals surface area (Å²) in [5.41, 5.74) is 0.361. The Morgan fingerprint density at radius 2 is 1.79 bits per heavy atom. The van der Waals surface area contributed by atoms with Crippen molar-refractivity contribution in [3.63, 3.8) is 0 Å². The Morgan fingerprint density at radius 3 is 2.41 bits per heavy atom. The van der Waals surface area contributed by atoms with Crippen LogP contribution in [0.2, 0.25) is 5.02 Å². The van der Waals surface area contributed by atoms with Crippen molar-refractivity contribution < 1.29 is 27.4 Å². The predicted octanol–water partition coefficient (Wildman–Crippen LogP) is 3.02. The lowest BCUT2D eigenvalue weighted by molar-refractivity contribution is -0.116. The van der Waals surface area contributed by atoms with Crippen molar-refractivity contribution in [2.24, 2.45) is 0 Å². The molecule has 0 saturated heterocycles. The van der Waals surface area contributed by atoms with E-state index in [2.05, 4.69) is 5.32 Å². The topological polar surface area (TPSA) is 94.2 Å². The van der Waals surface area contributed by atoms with E-state index in [1.54, 1.807) is 25.1 Å². The molecule has 0 radical (unpaired) electrons. The molecule has 2 rings (SSSR count). The first-order valence-corrected chi connectivity index (χ1v) is 10.4. The van der Waals surface area contributed by atoms with E-state index in [0.29, 0.717) is 17.2 Å². The second-order valence-electron chi connectivity index (χ2n) is 5.90. The molecule has 29 heavy (non-hydrogen) atoms. The van der Waals surface area contributed by atoms with E-state index in [-0.39, 0.29) is 22.3 Å². The van der Waals surface area contributed by atoms with Gasteiger partial charge in [-0.1, -0.05) is 11.6 Å². The van der Waals surface area contributed by atoms with Crippen molar-refractivity contribution in [1.82, 2.24) is 4.31 Å². The Bertz CT molecular complexity index is 981. The zero-order valence-electron chi connectivity index (χ0n) is 16.6. The van der Waals surface area contributed by atoms with Crippen LogP contribution in [0.5, 0.6) is 17.2 Å².